The van der Waals surface area contributed by atoms with Crippen LogP contribution in [0.2, 0.25) is 0 Å². The van der Waals surface area contributed by atoms with Gasteiger partial charge >= 0.3 is 5.82 Å². The number of aromatic nitrogens is 1. The van der Waals surface area contributed by atoms with E-state index in [9.17, 15) is 20.0 Å². The first-order valence-electron chi connectivity index (χ1n) is 5.41. The van der Waals surface area contributed by atoms with Crippen molar-refractivity contribution in [2.45, 2.75) is 19.4 Å². The van der Waals surface area contributed by atoms with Gasteiger partial charge in [0.2, 0.25) is 0 Å². The molecule has 0 atom stereocenters. The second-order valence-electron chi connectivity index (χ2n) is 4.87. The molecule has 7 nitrogen and oxygen atoms in total. The van der Waals surface area contributed by atoms with Gasteiger partial charge in [0.1, 0.15) is 0 Å². The Balaban J connectivity index is 2.95. The molecule has 1 heterocycles. The van der Waals surface area contributed by atoms with Crippen molar-refractivity contribution >= 4 is 11.7 Å². The van der Waals surface area contributed by atoms with Gasteiger partial charge in [-0.05, 0) is 24.8 Å². The number of rotatable bonds is 4. The van der Waals surface area contributed by atoms with Gasteiger partial charge in [-0.2, -0.15) is 0 Å². The van der Waals surface area contributed by atoms with Gasteiger partial charge in [0, 0.05) is 19.7 Å². The zero-order valence-electron chi connectivity index (χ0n) is 10.9. The average Bonchev–Trinajstić information content (AvgIpc) is 2.56. The maximum atomic E-state index is 12.1. The summed E-state index contributed by atoms with van der Waals surface area (Å²) in [6.07, 6.45) is 0. The summed E-state index contributed by atoms with van der Waals surface area (Å²) in [5.74, 6) is -0.511. The molecule has 0 unspecified atom stereocenters. The van der Waals surface area contributed by atoms with E-state index in [0.717, 1.165) is 0 Å². The highest BCUT2D eigenvalue weighted by Gasteiger charge is 2.26. The number of hydrogen-bond donors (Lipinski definition) is 1. The molecule has 0 radical (unpaired) electrons. The molecule has 0 saturated heterocycles. The number of hydrogen-bond acceptors (Lipinski definition) is 4. The third-order valence-corrected chi connectivity index (χ3v) is 2.47. The van der Waals surface area contributed by atoms with E-state index in [1.54, 1.807) is 20.9 Å². The predicted molar refractivity (Wildman–Crippen MR) is 65.3 cm³/mol. The maximum absolute atomic E-state index is 12.1. The lowest BCUT2D eigenvalue weighted by Crippen LogP contribution is -2.40. The lowest BCUT2D eigenvalue weighted by molar-refractivity contribution is -0.391. The number of nitrogens with zero attached hydrogens (tertiary/aromatic N) is 3. The lowest BCUT2D eigenvalue weighted by atomic mass is 10.1. The Morgan fingerprint density at radius 2 is 2.11 bits per heavy atom. The molecular formula is C11H17N3O4. The van der Waals surface area contributed by atoms with Crippen LogP contribution in [0.4, 0.5) is 5.82 Å². The minimum Gasteiger partial charge on any atom is -0.389 e. The summed E-state index contributed by atoms with van der Waals surface area (Å²) in [5.41, 5.74) is -0.796. The number of carbonyl (C=O) groups is 1. The van der Waals surface area contributed by atoms with Crippen molar-refractivity contribution in [3.05, 3.63) is 27.9 Å². The Morgan fingerprint density at radius 3 is 2.50 bits per heavy atom. The van der Waals surface area contributed by atoms with Crippen LogP contribution in [0.15, 0.2) is 12.1 Å². The molecule has 0 bridgehead atoms. The van der Waals surface area contributed by atoms with Crippen LogP contribution in [-0.2, 0) is 7.05 Å². The molecule has 0 spiro atoms. The SMILES string of the molecule is CN(CC(C)(C)O)C(=O)c1ccc([N+](=O)[O-])n1C. The highest BCUT2D eigenvalue weighted by atomic mass is 16.6. The molecule has 0 aromatic carbocycles. The summed E-state index contributed by atoms with van der Waals surface area (Å²) in [5, 5.41) is 20.3. The van der Waals surface area contributed by atoms with Crippen LogP contribution in [0.3, 0.4) is 0 Å². The molecule has 0 aliphatic carbocycles. The average molecular weight is 255 g/mol. The van der Waals surface area contributed by atoms with Gasteiger partial charge < -0.3 is 20.1 Å². The van der Waals surface area contributed by atoms with Crippen molar-refractivity contribution in [3.8, 4) is 0 Å². The van der Waals surface area contributed by atoms with E-state index in [-0.39, 0.29) is 24.0 Å². The molecule has 1 N–H and O–H groups in total. The summed E-state index contributed by atoms with van der Waals surface area (Å²) in [6, 6.07) is 2.69. The van der Waals surface area contributed by atoms with Gasteiger partial charge in [-0.3, -0.25) is 4.79 Å². The van der Waals surface area contributed by atoms with Crippen LogP contribution < -0.4 is 0 Å². The smallest absolute Gasteiger partial charge is 0.323 e. The second-order valence-corrected chi connectivity index (χ2v) is 4.87. The summed E-state index contributed by atoms with van der Waals surface area (Å²) in [4.78, 5) is 23.5. The molecule has 0 aliphatic heterocycles. The topological polar surface area (TPSA) is 88.6 Å². The van der Waals surface area contributed by atoms with Gasteiger partial charge in [-0.1, -0.05) is 0 Å². The standard InChI is InChI=1S/C11H17N3O4/c1-11(2,16)7-12(3)10(15)8-5-6-9(13(8)4)14(17)18/h5-6,16H,7H2,1-4H3. The Labute approximate surface area is 105 Å². The number of amides is 1. The van der Waals surface area contributed by atoms with Crippen LogP contribution >= 0.6 is 0 Å². The molecule has 0 aliphatic rings. The molecule has 0 saturated carbocycles. The highest BCUT2D eigenvalue weighted by molar-refractivity contribution is 5.93. The fourth-order valence-corrected chi connectivity index (χ4v) is 1.75. The molecule has 0 fully saturated rings. The van der Waals surface area contributed by atoms with E-state index < -0.39 is 10.5 Å². The summed E-state index contributed by atoms with van der Waals surface area (Å²) in [6.45, 7) is 3.32. The van der Waals surface area contributed by atoms with Crippen LogP contribution in [0.5, 0.6) is 0 Å². The van der Waals surface area contributed by atoms with Crippen molar-refractivity contribution in [1.29, 1.82) is 0 Å². The first-order valence-corrected chi connectivity index (χ1v) is 5.41. The lowest BCUT2D eigenvalue weighted by Gasteiger charge is -2.24. The second kappa shape index (κ2) is 4.77. The van der Waals surface area contributed by atoms with Crippen molar-refractivity contribution in [2.75, 3.05) is 13.6 Å². The maximum Gasteiger partial charge on any atom is 0.323 e. The van der Waals surface area contributed by atoms with E-state index in [0.29, 0.717) is 0 Å². The largest absolute Gasteiger partial charge is 0.389 e. The third-order valence-electron chi connectivity index (χ3n) is 2.47. The van der Waals surface area contributed by atoms with Crippen molar-refractivity contribution in [3.63, 3.8) is 0 Å². The first-order chi connectivity index (χ1) is 8.13. The fourth-order valence-electron chi connectivity index (χ4n) is 1.75. The normalized spacial score (nSPS) is 11.4. The van der Waals surface area contributed by atoms with E-state index in [4.69, 9.17) is 0 Å². The zero-order chi connectivity index (χ0) is 14.1. The Kier molecular flexibility index (Phi) is 3.76. The van der Waals surface area contributed by atoms with Gasteiger partial charge in [-0.15, -0.1) is 0 Å². The Bertz CT molecular complexity index is 473. The Morgan fingerprint density at radius 1 is 1.56 bits per heavy atom. The van der Waals surface area contributed by atoms with Gasteiger partial charge in [-0.25, -0.2) is 4.57 Å². The van der Waals surface area contributed by atoms with E-state index >= 15 is 0 Å². The number of aliphatic hydroxyl groups is 1. The van der Waals surface area contributed by atoms with Gasteiger partial charge in [0.05, 0.1) is 12.6 Å². The molecule has 18 heavy (non-hydrogen) atoms. The van der Waals surface area contributed by atoms with Gasteiger partial charge in [0.15, 0.2) is 5.69 Å². The number of likely N-dealkylation sites (N-methyl/N-ethyl adjacent to an activating group) is 1. The van der Waals surface area contributed by atoms with E-state index in [1.165, 1.54) is 28.6 Å². The van der Waals surface area contributed by atoms with Gasteiger partial charge in [0.25, 0.3) is 5.91 Å². The van der Waals surface area contributed by atoms with E-state index in [1.807, 2.05) is 0 Å². The first kappa shape index (κ1) is 14.2. The third kappa shape index (κ3) is 3.07. The Hall–Kier alpha value is -1.89. The summed E-state index contributed by atoms with van der Waals surface area (Å²) >= 11 is 0. The van der Waals surface area contributed by atoms with Crippen LogP contribution in [0.1, 0.15) is 24.3 Å². The van der Waals surface area contributed by atoms with Crippen molar-refractivity contribution < 1.29 is 14.8 Å². The van der Waals surface area contributed by atoms with E-state index in [2.05, 4.69) is 0 Å². The summed E-state index contributed by atoms with van der Waals surface area (Å²) < 4.78 is 1.23. The molecule has 1 aromatic rings. The minimum absolute atomic E-state index is 0.144. The fraction of sp³-hybridized carbons (Fsp3) is 0.545. The molecule has 7 heteroatoms. The molecule has 1 aromatic heterocycles. The van der Waals surface area contributed by atoms with Crippen LogP contribution in [-0.4, -0.2) is 44.6 Å². The zero-order valence-corrected chi connectivity index (χ0v) is 10.9. The quantitative estimate of drug-likeness (QED) is 0.636. The molecule has 1 amide bonds. The van der Waals surface area contributed by atoms with Crippen molar-refractivity contribution in [1.82, 2.24) is 9.47 Å². The summed E-state index contributed by atoms with van der Waals surface area (Å²) in [7, 11) is 3.00. The van der Waals surface area contributed by atoms with Crippen LogP contribution in [0.25, 0.3) is 0 Å². The highest BCUT2D eigenvalue weighted by Crippen LogP contribution is 2.17. The number of nitro groups is 1. The minimum atomic E-state index is -1.01. The number of carbonyl (C=O) groups excluding carboxylic acids is 1. The monoisotopic (exact) mass is 255 g/mol. The van der Waals surface area contributed by atoms with Crippen molar-refractivity contribution in [2.24, 2.45) is 7.05 Å². The molecule has 1 rings (SSSR count). The predicted octanol–water partition coefficient (Wildman–Crippen LogP) is 0.776. The van der Waals surface area contributed by atoms with Crippen LogP contribution in [0, 0.1) is 10.1 Å². The molecular weight excluding hydrogens is 238 g/mol. The molecule has 100 valence electrons.